The van der Waals surface area contributed by atoms with Crippen LogP contribution in [-0.2, 0) is 0 Å². The van der Waals surface area contributed by atoms with Crippen molar-refractivity contribution in [3.8, 4) is 0 Å². The van der Waals surface area contributed by atoms with Gasteiger partial charge in [-0.2, -0.15) is 0 Å². The lowest BCUT2D eigenvalue weighted by Gasteiger charge is -2.11. The standard InChI is InChI=1S/C9H11BrFNO/c1-5-2-3-6(7(13)4-12)8(10)9(5)11/h2-3,7,13H,4,12H2,1H3. The zero-order valence-corrected chi connectivity index (χ0v) is 8.81. The van der Waals surface area contributed by atoms with Crippen molar-refractivity contribution in [2.45, 2.75) is 13.0 Å². The number of benzene rings is 1. The maximum atomic E-state index is 13.3. The third-order valence-electron chi connectivity index (χ3n) is 1.89. The van der Waals surface area contributed by atoms with E-state index in [0.717, 1.165) is 0 Å². The van der Waals surface area contributed by atoms with Crippen molar-refractivity contribution < 1.29 is 9.50 Å². The Hall–Kier alpha value is -0.450. The number of rotatable bonds is 2. The molecule has 1 aromatic rings. The molecule has 0 aliphatic rings. The molecule has 0 saturated carbocycles. The predicted octanol–water partition coefficient (Wildman–Crippen LogP) is 1.89. The van der Waals surface area contributed by atoms with Gasteiger partial charge in [-0.15, -0.1) is 0 Å². The highest BCUT2D eigenvalue weighted by Gasteiger charge is 2.13. The molecule has 0 aliphatic heterocycles. The van der Waals surface area contributed by atoms with Crippen LogP contribution in [0.15, 0.2) is 16.6 Å². The van der Waals surface area contributed by atoms with E-state index in [4.69, 9.17) is 5.73 Å². The van der Waals surface area contributed by atoms with Gasteiger partial charge < -0.3 is 10.8 Å². The summed E-state index contributed by atoms with van der Waals surface area (Å²) in [5.41, 5.74) is 6.30. The monoisotopic (exact) mass is 247 g/mol. The lowest BCUT2D eigenvalue weighted by Crippen LogP contribution is -2.12. The second kappa shape index (κ2) is 4.17. The second-order valence-corrected chi connectivity index (χ2v) is 3.64. The molecule has 0 amide bonds. The minimum atomic E-state index is -0.815. The molecule has 0 spiro atoms. The van der Waals surface area contributed by atoms with Gasteiger partial charge in [0.25, 0.3) is 0 Å². The number of halogens is 2. The van der Waals surface area contributed by atoms with Crippen molar-refractivity contribution in [2.75, 3.05) is 6.54 Å². The van der Waals surface area contributed by atoms with Gasteiger partial charge in [-0.3, -0.25) is 0 Å². The maximum Gasteiger partial charge on any atom is 0.140 e. The normalized spacial score (nSPS) is 13.0. The van der Waals surface area contributed by atoms with Crippen molar-refractivity contribution in [2.24, 2.45) is 5.73 Å². The van der Waals surface area contributed by atoms with E-state index in [1.807, 2.05) is 0 Å². The first-order chi connectivity index (χ1) is 6.07. The Balaban J connectivity index is 3.18. The molecule has 0 aromatic heterocycles. The van der Waals surface area contributed by atoms with Crippen LogP contribution in [0.3, 0.4) is 0 Å². The molecule has 1 unspecified atom stereocenters. The number of nitrogens with two attached hydrogens (primary N) is 1. The zero-order chi connectivity index (χ0) is 10.0. The summed E-state index contributed by atoms with van der Waals surface area (Å²) >= 11 is 3.08. The van der Waals surface area contributed by atoms with Gasteiger partial charge >= 0.3 is 0 Å². The van der Waals surface area contributed by atoms with Gasteiger partial charge in [-0.25, -0.2) is 4.39 Å². The van der Waals surface area contributed by atoms with E-state index in [0.29, 0.717) is 15.6 Å². The molecule has 0 heterocycles. The molecule has 2 nitrogen and oxygen atoms in total. The first-order valence-electron chi connectivity index (χ1n) is 3.90. The third kappa shape index (κ3) is 2.07. The molecule has 0 bridgehead atoms. The van der Waals surface area contributed by atoms with Gasteiger partial charge in [0.2, 0.25) is 0 Å². The van der Waals surface area contributed by atoms with Crippen LogP contribution in [-0.4, -0.2) is 11.7 Å². The van der Waals surface area contributed by atoms with Crippen molar-refractivity contribution in [3.05, 3.63) is 33.5 Å². The highest BCUT2D eigenvalue weighted by atomic mass is 79.9. The van der Waals surface area contributed by atoms with E-state index in [1.54, 1.807) is 19.1 Å². The summed E-state index contributed by atoms with van der Waals surface area (Å²) in [5, 5.41) is 9.40. The van der Waals surface area contributed by atoms with Crippen LogP contribution < -0.4 is 5.73 Å². The fourth-order valence-corrected chi connectivity index (χ4v) is 1.75. The van der Waals surface area contributed by atoms with Gasteiger partial charge in [-0.1, -0.05) is 12.1 Å². The van der Waals surface area contributed by atoms with E-state index < -0.39 is 6.10 Å². The van der Waals surface area contributed by atoms with Crippen molar-refractivity contribution in [1.82, 2.24) is 0 Å². The van der Waals surface area contributed by atoms with Crippen LogP contribution in [0.5, 0.6) is 0 Å². The summed E-state index contributed by atoms with van der Waals surface area (Å²) in [5.74, 6) is -0.343. The zero-order valence-electron chi connectivity index (χ0n) is 7.22. The van der Waals surface area contributed by atoms with E-state index in [9.17, 15) is 9.50 Å². The Morgan fingerprint density at radius 1 is 1.62 bits per heavy atom. The molecule has 0 aliphatic carbocycles. The Morgan fingerprint density at radius 3 is 2.77 bits per heavy atom. The fourth-order valence-electron chi connectivity index (χ4n) is 1.05. The van der Waals surface area contributed by atoms with Gasteiger partial charge in [0.05, 0.1) is 10.6 Å². The summed E-state index contributed by atoms with van der Waals surface area (Å²) < 4.78 is 13.6. The topological polar surface area (TPSA) is 46.2 Å². The smallest absolute Gasteiger partial charge is 0.140 e. The molecular weight excluding hydrogens is 237 g/mol. The third-order valence-corrected chi connectivity index (χ3v) is 2.69. The van der Waals surface area contributed by atoms with Crippen molar-refractivity contribution in [3.63, 3.8) is 0 Å². The maximum absolute atomic E-state index is 13.3. The molecule has 1 aromatic carbocycles. The lowest BCUT2D eigenvalue weighted by molar-refractivity contribution is 0.185. The van der Waals surface area contributed by atoms with E-state index in [2.05, 4.69) is 15.9 Å². The molecule has 3 N–H and O–H groups in total. The van der Waals surface area contributed by atoms with E-state index in [-0.39, 0.29) is 12.4 Å². The number of aliphatic hydroxyl groups excluding tert-OH is 1. The molecule has 1 atom stereocenters. The van der Waals surface area contributed by atoms with Gasteiger partial charge in [-0.05, 0) is 34.0 Å². The van der Waals surface area contributed by atoms with Crippen LogP contribution in [0.1, 0.15) is 17.2 Å². The number of aryl methyl sites for hydroxylation is 1. The molecule has 13 heavy (non-hydrogen) atoms. The second-order valence-electron chi connectivity index (χ2n) is 2.85. The Labute approximate surface area is 84.7 Å². The molecule has 1 rings (SSSR count). The Morgan fingerprint density at radius 2 is 2.23 bits per heavy atom. The molecule has 0 saturated heterocycles. The van der Waals surface area contributed by atoms with E-state index >= 15 is 0 Å². The SMILES string of the molecule is Cc1ccc(C(O)CN)c(Br)c1F. The molecule has 72 valence electrons. The summed E-state index contributed by atoms with van der Waals surface area (Å²) in [7, 11) is 0. The first-order valence-corrected chi connectivity index (χ1v) is 4.70. The number of aliphatic hydroxyl groups is 1. The Kier molecular flexibility index (Phi) is 3.41. The molecule has 4 heteroatoms. The summed E-state index contributed by atoms with van der Waals surface area (Å²) in [6.45, 7) is 1.75. The van der Waals surface area contributed by atoms with Crippen LogP contribution in [0.4, 0.5) is 4.39 Å². The number of hydrogen-bond donors (Lipinski definition) is 2. The van der Waals surface area contributed by atoms with Crippen LogP contribution in [0.2, 0.25) is 0 Å². The van der Waals surface area contributed by atoms with Gasteiger partial charge in [0.1, 0.15) is 5.82 Å². The molecule has 0 radical (unpaired) electrons. The highest BCUT2D eigenvalue weighted by molar-refractivity contribution is 9.10. The van der Waals surface area contributed by atoms with E-state index in [1.165, 1.54) is 0 Å². The largest absolute Gasteiger partial charge is 0.387 e. The summed E-state index contributed by atoms with van der Waals surface area (Å²) in [6, 6.07) is 3.29. The highest BCUT2D eigenvalue weighted by Crippen LogP contribution is 2.27. The van der Waals surface area contributed by atoms with Crippen molar-refractivity contribution >= 4 is 15.9 Å². The minimum absolute atomic E-state index is 0.0844. The predicted molar refractivity (Wildman–Crippen MR) is 52.9 cm³/mol. The van der Waals surface area contributed by atoms with Crippen LogP contribution in [0, 0.1) is 12.7 Å². The quantitative estimate of drug-likeness (QED) is 0.839. The number of hydrogen-bond acceptors (Lipinski definition) is 2. The molecule has 0 fully saturated rings. The van der Waals surface area contributed by atoms with Crippen LogP contribution in [0.25, 0.3) is 0 Å². The average molecular weight is 248 g/mol. The summed E-state index contributed by atoms with van der Waals surface area (Å²) in [6.07, 6.45) is -0.815. The fraction of sp³-hybridized carbons (Fsp3) is 0.333. The van der Waals surface area contributed by atoms with Crippen molar-refractivity contribution in [1.29, 1.82) is 0 Å². The van der Waals surface area contributed by atoms with Gasteiger partial charge in [0, 0.05) is 6.54 Å². The minimum Gasteiger partial charge on any atom is -0.387 e. The summed E-state index contributed by atoms with van der Waals surface area (Å²) in [4.78, 5) is 0. The first kappa shape index (κ1) is 10.6. The van der Waals surface area contributed by atoms with Gasteiger partial charge in [0.15, 0.2) is 0 Å². The lowest BCUT2D eigenvalue weighted by atomic mass is 10.1. The average Bonchev–Trinajstić information content (AvgIpc) is 2.13. The molecular formula is C9H11BrFNO. The van der Waals surface area contributed by atoms with Crippen LogP contribution >= 0.6 is 15.9 Å². The Bertz CT molecular complexity index is 317.